The quantitative estimate of drug-likeness (QED) is 0.558. The van der Waals surface area contributed by atoms with E-state index in [1.54, 1.807) is 0 Å². The number of nitrogens with zero attached hydrogens (tertiary/aromatic N) is 4. The van der Waals surface area contributed by atoms with Gasteiger partial charge < -0.3 is 0 Å². The van der Waals surface area contributed by atoms with Crippen molar-refractivity contribution < 1.29 is 0 Å². The Balaban J connectivity index is 1.56. The Hall–Kier alpha value is -2.63. The fourth-order valence-electron chi connectivity index (χ4n) is 3.17. The second kappa shape index (κ2) is 7.32. The lowest BCUT2D eigenvalue weighted by Gasteiger charge is -2.22. The number of hydrogen-bond acceptors (Lipinski definition) is 3. The van der Waals surface area contributed by atoms with Gasteiger partial charge in [0, 0.05) is 48.9 Å². The molecule has 0 aliphatic heterocycles. The molecule has 2 aromatic heterocycles. The van der Waals surface area contributed by atoms with Crippen LogP contribution in [0.25, 0.3) is 10.9 Å². The third-order valence-electron chi connectivity index (χ3n) is 4.40. The lowest BCUT2D eigenvalue weighted by molar-refractivity contribution is 0.248. The predicted octanol–water partition coefficient (Wildman–Crippen LogP) is 4.15. The summed E-state index contributed by atoms with van der Waals surface area (Å²) in [4.78, 5) is 2.40. The topological polar surface area (TPSA) is 49.7 Å². The van der Waals surface area contributed by atoms with Gasteiger partial charge in [0.25, 0.3) is 0 Å². The van der Waals surface area contributed by atoms with Gasteiger partial charge >= 0.3 is 0 Å². The van der Waals surface area contributed by atoms with Crippen LogP contribution >= 0.6 is 11.6 Å². The average molecular weight is 366 g/mol. The normalized spacial score (nSPS) is 11.5. The molecule has 0 bridgehead atoms. The molecule has 0 spiro atoms. The van der Waals surface area contributed by atoms with Crippen LogP contribution in [-0.4, -0.2) is 24.9 Å². The molecule has 0 unspecified atom stereocenters. The van der Waals surface area contributed by atoms with E-state index in [0.717, 1.165) is 35.6 Å². The second-order valence-electron chi connectivity index (χ2n) is 6.59. The van der Waals surface area contributed by atoms with Gasteiger partial charge in [0.05, 0.1) is 17.9 Å². The first-order valence-corrected chi connectivity index (χ1v) is 8.90. The fraction of sp³-hybridized carbons (Fsp3) is 0.200. The number of benzene rings is 2. The van der Waals surface area contributed by atoms with Gasteiger partial charge in [0.1, 0.15) is 0 Å². The zero-order chi connectivity index (χ0) is 17.9. The van der Waals surface area contributed by atoms with E-state index >= 15 is 0 Å². The highest BCUT2D eigenvalue weighted by atomic mass is 35.5. The van der Waals surface area contributed by atoms with Crippen molar-refractivity contribution in [3.05, 3.63) is 82.8 Å². The summed E-state index contributed by atoms with van der Waals surface area (Å²) in [5.74, 6) is 0. The molecule has 0 fully saturated rings. The molecule has 26 heavy (non-hydrogen) atoms. The number of aryl methyl sites for hydroxylation is 1. The van der Waals surface area contributed by atoms with Gasteiger partial charge in [-0.15, -0.1) is 0 Å². The molecule has 6 heteroatoms. The van der Waals surface area contributed by atoms with Gasteiger partial charge in [-0.3, -0.25) is 14.7 Å². The number of aromatic amines is 1. The van der Waals surface area contributed by atoms with E-state index < -0.39 is 0 Å². The number of hydrogen-bond donors (Lipinski definition) is 1. The summed E-state index contributed by atoms with van der Waals surface area (Å²) in [5.41, 5.74) is 4.75. The first-order chi connectivity index (χ1) is 12.7. The van der Waals surface area contributed by atoms with Crippen molar-refractivity contribution in [2.75, 3.05) is 0 Å². The van der Waals surface area contributed by atoms with Crippen LogP contribution in [0.15, 0.2) is 61.1 Å². The number of rotatable bonds is 6. The molecule has 0 saturated carbocycles. The van der Waals surface area contributed by atoms with Crippen LogP contribution in [0.4, 0.5) is 0 Å². The van der Waals surface area contributed by atoms with E-state index in [4.69, 9.17) is 11.6 Å². The van der Waals surface area contributed by atoms with E-state index in [1.807, 2.05) is 36.3 Å². The Labute approximate surface area is 157 Å². The van der Waals surface area contributed by atoms with Crippen LogP contribution in [0.2, 0.25) is 5.02 Å². The van der Waals surface area contributed by atoms with Gasteiger partial charge in [-0.25, -0.2) is 0 Å². The second-order valence-corrected chi connectivity index (χ2v) is 7.02. The Kier molecular flexibility index (Phi) is 4.73. The molecule has 2 aromatic carbocycles. The smallest absolute Gasteiger partial charge is 0.0653 e. The molecule has 1 N–H and O–H groups in total. The van der Waals surface area contributed by atoms with Crippen molar-refractivity contribution in [2.24, 2.45) is 7.05 Å². The molecule has 0 aliphatic carbocycles. The average Bonchev–Trinajstić information content (AvgIpc) is 3.25. The zero-order valence-corrected chi connectivity index (χ0v) is 15.3. The van der Waals surface area contributed by atoms with Gasteiger partial charge in [0.2, 0.25) is 0 Å². The molecule has 0 amide bonds. The van der Waals surface area contributed by atoms with Crippen LogP contribution in [0, 0.1) is 0 Å². The van der Waals surface area contributed by atoms with Gasteiger partial charge in [0.15, 0.2) is 0 Å². The largest absolute Gasteiger partial charge is 0.290 e. The zero-order valence-electron chi connectivity index (χ0n) is 14.6. The molecule has 0 saturated heterocycles. The molecule has 4 rings (SSSR count). The molecule has 0 radical (unpaired) electrons. The number of H-pyrrole nitrogens is 1. The first-order valence-electron chi connectivity index (χ1n) is 8.52. The van der Waals surface area contributed by atoms with Gasteiger partial charge in [-0.2, -0.15) is 10.2 Å². The van der Waals surface area contributed by atoms with Gasteiger partial charge in [-0.05, 0) is 29.3 Å². The first kappa shape index (κ1) is 16.8. The molecule has 5 nitrogen and oxygen atoms in total. The van der Waals surface area contributed by atoms with Gasteiger partial charge in [-0.1, -0.05) is 35.9 Å². The molecular weight excluding hydrogens is 346 g/mol. The Morgan fingerprint density at radius 1 is 0.962 bits per heavy atom. The number of nitrogens with one attached hydrogen (secondary N) is 1. The van der Waals surface area contributed by atoms with Crippen molar-refractivity contribution in [1.29, 1.82) is 0 Å². The predicted molar refractivity (Wildman–Crippen MR) is 104 cm³/mol. The van der Waals surface area contributed by atoms with E-state index in [9.17, 15) is 0 Å². The molecule has 132 valence electrons. The summed E-state index contributed by atoms with van der Waals surface area (Å²) in [7, 11) is 1.94. The highest BCUT2D eigenvalue weighted by Gasteiger charge is 2.11. The van der Waals surface area contributed by atoms with E-state index in [1.165, 1.54) is 16.7 Å². The Bertz CT molecular complexity index is 1000. The summed E-state index contributed by atoms with van der Waals surface area (Å²) < 4.78 is 1.84. The van der Waals surface area contributed by atoms with E-state index in [2.05, 4.69) is 56.7 Å². The molecule has 4 aromatic rings. The maximum Gasteiger partial charge on any atom is 0.0653 e. The summed E-state index contributed by atoms with van der Waals surface area (Å²) in [5, 5.41) is 13.3. The highest BCUT2D eigenvalue weighted by molar-refractivity contribution is 6.30. The van der Waals surface area contributed by atoms with Crippen LogP contribution in [0.3, 0.4) is 0 Å². The number of halogens is 1. The van der Waals surface area contributed by atoms with Crippen molar-refractivity contribution >= 4 is 22.5 Å². The van der Waals surface area contributed by atoms with Crippen LogP contribution < -0.4 is 0 Å². The minimum atomic E-state index is 0.761. The maximum atomic E-state index is 6.02. The summed E-state index contributed by atoms with van der Waals surface area (Å²) >= 11 is 6.02. The van der Waals surface area contributed by atoms with Crippen molar-refractivity contribution in [3.8, 4) is 0 Å². The summed E-state index contributed by atoms with van der Waals surface area (Å²) in [6.07, 6.45) is 5.83. The molecular formula is C20H20ClN5. The van der Waals surface area contributed by atoms with Crippen molar-refractivity contribution in [2.45, 2.75) is 19.6 Å². The number of fused-ring (bicyclic) bond motifs is 1. The lowest BCUT2D eigenvalue weighted by Crippen LogP contribution is -2.22. The minimum absolute atomic E-state index is 0.761. The monoisotopic (exact) mass is 365 g/mol. The highest BCUT2D eigenvalue weighted by Crippen LogP contribution is 2.18. The number of aromatic nitrogens is 4. The summed E-state index contributed by atoms with van der Waals surface area (Å²) in [6, 6.07) is 14.5. The van der Waals surface area contributed by atoms with Crippen LogP contribution in [-0.2, 0) is 26.7 Å². The third kappa shape index (κ3) is 3.95. The van der Waals surface area contributed by atoms with Crippen LogP contribution in [0.5, 0.6) is 0 Å². The van der Waals surface area contributed by atoms with Crippen molar-refractivity contribution in [1.82, 2.24) is 24.9 Å². The van der Waals surface area contributed by atoms with Crippen LogP contribution in [0.1, 0.15) is 16.7 Å². The maximum absolute atomic E-state index is 6.02. The fourth-order valence-corrected chi connectivity index (χ4v) is 3.29. The Morgan fingerprint density at radius 3 is 2.46 bits per heavy atom. The lowest BCUT2D eigenvalue weighted by atomic mass is 10.1. The van der Waals surface area contributed by atoms with E-state index in [0.29, 0.717) is 0 Å². The molecule has 2 heterocycles. The van der Waals surface area contributed by atoms with E-state index in [-0.39, 0.29) is 0 Å². The minimum Gasteiger partial charge on any atom is -0.290 e. The third-order valence-corrected chi connectivity index (χ3v) is 4.65. The molecule has 0 aliphatic rings. The SMILES string of the molecule is Cn1cc(CN(Cc2ccc(Cl)cc2)Cc2ccc3cn[nH]c3c2)cn1. The molecule has 0 atom stereocenters. The standard InChI is InChI=1S/C20H20ClN5/c1-25-11-17(9-23-25)14-26(12-15-3-6-19(21)7-4-15)13-16-2-5-18-10-22-24-20(18)8-16/h2-11H,12-14H2,1H3,(H,22,24). The Morgan fingerprint density at radius 2 is 1.69 bits per heavy atom. The van der Waals surface area contributed by atoms with Crippen molar-refractivity contribution in [3.63, 3.8) is 0 Å². The summed E-state index contributed by atoms with van der Waals surface area (Å²) in [6.45, 7) is 2.51.